The third kappa shape index (κ3) is 6.39. The summed E-state index contributed by atoms with van der Waals surface area (Å²) in [5.41, 5.74) is 0. The smallest absolute Gasteiger partial charge is 0.321 e. The molecule has 1 aliphatic carbocycles. The van der Waals surface area contributed by atoms with E-state index in [1.54, 1.807) is 6.08 Å². The number of urea groups is 1. The van der Waals surface area contributed by atoms with Gasteiger partial charge in [0.25, 0.3) is 0 Å². The minimum Gasteiger partial charge on any atom is -0.334 e. The summed E-state index contributed by atoms with van der Waals surface area (Å²) in [6.07, 6.45) is 5.12. The summed E-state index contributed by atoms with van der Waals surface area (Å²) >= 11 is 0. The lowest BCUT2D eigenvalue weighted by Gasteiger charge is -2.20. The van der Waals surface area contributed by atoms with Gasteiger partial charge in [0, 0.05) is 13.1 Å². The fraction of sp³-hybridized carbons (Fsp3) is 0.692. The van der Waals surface area contributed by atoms with Crippen LogP contribution < -0.4 is 10.6 Å². The van der Waals surface area contributed by atoms with E-state index in [2.05, 4.69) is 29.0 Å². The Bertz CT molecular complexity index is 301. The van der Waals surface area contributed by atoms with Crippen LogP contribution in [0.5, 0.6) is 0 Å². The van der Waals surface area contributed by atoms with Crippen molar-refractivity contribution >= 4 is 11.9 Å². The second-order valence-electron chi connectivity index (χ2n) is 4.73. The van der Waals surface area contributed by atoms with Gasteiger partial charge >= 0.3 is 6.03 Å². The third-order valence-corrected chi connectivity index (χ3v) is 2.78. The van der Waals surface area contributed by atoms with Crippen LogP contribution in [0.25, 0.3) is 0 Å². The van der Waals surface area contributed by atoms with Gasteiger partial charge in [0.1, 0.15) is 0 Å². The number of rotatable bonds is 8. The zero-order valence-electron chi connectivity index (χ0n) is 11.1. The Morgan fingerprint density at radius 1 is 1.44 bits per heavy atom. The van der Waals surface area contributed by atoms with Gasteiger partial charge in [-0.25, -0.2) is 4.79 Å². The number of nitrogens with zero attached hydrogens (tertiary/aromatic N) is 1. The number of imide groups is 1. The van der Waals surface area contributed by atoms with Crippen LogP contribution in [-0.4, -0.2) is 43.0 Å². The molecule has 1 aliphatic rings. The SMILES string of the molecule is C=CCNC(=O)NC(=O)CN(CCC)CC1CC1. The van der Waals surface area contributed by atoms with Gasteiger partial charge in [-0.3, -0.25) is 15.0 Å². The molecule has 0 bridgehead atoms. The zero-order valence-corrected chi connectivity index (χ0v) is 11.1. The molecule has 2 N–H and O–H groups in total. The van der Waals surface area contributed by atoms with Crippen molar-refractivity contribution in [2.75, 3.05) is 26.2 Å². The third-order valence-electron chi connectivity index (χ3n) is 2.78. The molecule has 1 rings (SSSR count). The Hall–Kier alpha value is -1.36. The van der Waals surface area contributed by atoms with Crippen LogP contribution in [-0.2, 0) is 4.79 Å². The predicted octanol–water partition coefficient (Wildman–Crippen LogP) is 1.12. The Labute approximate surface area is 109 Å². The minimum absolute atomic E-state index is 0.245. The van der Waals surface area contributed by atoms with Gasteiger partial charge in [-0.1, -0.05) is 13.0 Å². The van der Waals surface area contributed by atoms with E-state index in [4.69, 9.17) is 0 Å². The number of amides is 3. The lowest BCUT2D eigenvalue weighted by Crippen LogP contribution is -2.45. The molecule has 0 aromatic rings. The van der Waals surface area contributed by atoms with Crippen LogP contribution >= 0.6 is 0 Å². The molecule has 0 unspecified atom stereocenters. The minimum atomic E-state index is -0.456. The molecule has 0 saturated heterocycles. The normalized spacial score (nSPS) is 14.3. The highest BCUT2D eigenvalue weighted by atomic mass is 16.2. The molecule has 0 radical (unpaired) electrons. The Kier molecular flexibility index (Phi) is 6.43. The summed E-state index contributed by atoms with van der Waals surface area (Å²) in [6.45, 7) is 8.11. The molecule has 0 heterocycles. The highest BCUT2D eigenvalue weighted by molar-refractivity contribution is 5.95. The summed E-state index contributed by atoms with van der Waals surface area (Å²) in [4.78, 5) is 25.1. The molecule has 18 heavy (non-hydrogen) atoms. The van der Waals surface area contributed by atoms with E-state index >= 15 is 0 Å². The molecule has 5 heteroatoms. The van der Waals surface area contributed by atoms with Gasteiger partial charge < -0.3 is 5.32 Å². The first-order valence-corrected chi connectivity index (χ1v) is 6.56. The first-order valence-electron chi connectivity index (χ1n) is 6.56. The number of carbonyl (C=O) groups is 2. The first kappa shape index (κ1) is 14.7. The van der Waals surface area contributed by atoms with E-state index in [1.165, 1.54) is 12.8 Å². The van der Waals surface area contributed by atoms with Crippen molar-refractivity contribution in [2.45, 2.75) is 26.2 Å². The quantitative estimate of drug-likeness (QED) is 0.637. The maximum Gasteiger partial charge on any atom is 0.321 e. The highest BCUT2D eigenvalue weighted by Gasteiger charge is 2.25. The molecule has 0 aliphatic heterocycles. The molecule has 102 valence electrons. The van der Waals surface area contributed by atoms with Gasteiger partial charge in [0.05, 0.1) is 6.54 Å². The molecule has 0 spiro atoms. The number of hydrogen-bond acceptors (Lipinski definition) is 3. The van der Waals surface area contributed by atoms with E-state index in [-0.39, 0.29) is 5.91 Å². The van der Waals surface area contributed by atoms with Gasteiger partial charge in [0.15, 0.2) is 0 Å². The van der Waals surface area contributed by atoms with Gasteiger partial charge in [-0.05, 0) is 31.7 Å². The van der Waals surface area contributed by atoms with Gasteiger partial charge in [0.2, 0.25) is 5.91 Å². The average molecular weight is 253 g/mol. The van der Waals surface area contributed by atoms with Crippen LogP contribution in [0.15, 0.2) is 12.7 Å². The fourth-order valence-corrected chi connectivity index (χ4v) is 1.80. The summed E-state index contributed by atoms with van der Waals surface area (Å²) in [7, 11) is 0. The maximum atomic E-state index is 11.7. The van der Waals surface area contributed by atoms with Crippen LogP contribution in [0.2, 0.25) is 0 Å². The molecule has 1 saturated carbocycles. The monoisotopic (exact) mass is 253 g/mol. The topological polar surface area (TPSA) is 61.4 Å². The first-order chi connectivity index (χ1) is 8.65. The van der Waals surface area contributed by atoms with Crippen molar-refractivity contribution in [2.24, 2.45) is 5.92 Å². The Morgan fingerprint density at radius 3 is 2.72 bits per heavy atom. The van der Waals surface area contributed by atoms with E-state index in [1.807, 2.05) is 0 Å². The summed E-state index contributed by atoms with van der Waals surface area (Å²) in [6, 6.07) is -0.456. The number of hydrogen-bond donors (Lipinski definition) is 2. The largest absolute Gasteiger partial charge is 0.334 e. The number of nitrogens with one attached hydrogen (secondary N) is 2. The summed E-state index contributed by atoms with van der Waals surface area (Å²) < 4.78 is 0. The maximum absolute atomic E-state index is 11.7. The van der Waals surface area contributed by atoms with Crippen molar-refractivity contribution in [1.29, 1.82) is 0 Å². The predicted molar refractivity (Wildman–Crippen MR) is 71.2 cm³/mol. The van der Waals surface area contributed by atoms with E-state index in [9.17, 15) is 9.59 Å². The lowest BCUT2D eigenvalue weighted by atomic mass is 10.3. The van der Waals surface area contributed by atoms with E-state index in [0.717, 1.165) is 25.4 Å². The Morgan fingerprint density at radius 2 is 2.17 bits per heavy atom. The van der Waals surface area contributed by atoms with Crippen LogP contribution in [0.3, 0.4) is 0 Å². The average Bonchev–Trinajstić information content (AvgIpc) is 3.10. The second kappa shape index (κ2) is 7.87. The van der Waals surface area contributed by atoms with Gasteiger partial charge in [-0.2, -0.15) is 0 Å². The fourth-order valence-electron chi connectivity index (χ4n) is 1.80. The lowest BCUT2D eigenvalue weighted by molar-refractivity contribution is -0.121. The molecule has 3 amide bonds. The van der Waals surface area contributed by atoms with Crippen LogP contribution in [0.1, 0.15) is 26.2 Å². The zero-order chi connectivity index (χ0) is 13.4. The van der Waals surface area contributed by atoms with Crippen molar-refractivity contribution in [3.63, 3.8) is 0 Å². The van der Waals surface area contributed by atoms with Crippen molar-refractivity contribution in [1.82, 2.24) is 15.5 Å². The Balaban J connectivity index is 2.25. The van der Waals surface area contributed by atoms with Crippen LogP contribution in [0.4, 0.5) is 4.79 Å². The van der Waals surface area contributed by atoms with Gasteiger partial charge in [-0.15, -0.1) is 6.58 Å². The molecule has 0 atom stereocenters. The molecular weight excluding hydrogens is 230 g/mol. The van der Waals surface area contributed by atoms with Crippen molar-refractivity contribution in [3.05, 3.63) is 12.7 Å². The second-order valence-corrected chi connectivity index (χ2v) is 4.73. The van der Waals surface area contributed by atoms with E-state index < -0.39 is 6.03 Å². The van der Waals surface area contributed by atoms with Crippen molar-refractivity contribution in [3.8, 4) is 0 Å². The highest BCUT2D eigenvalue weighted by Crippen LogP contribution is 2.29. The number of carbonyl (C=O) groups excluding carboxylic acids is 2. The molecular formula is C13H23N3O2. The standard InChI is InChI=1S/C13H23N3O2/c1-3-7-14-13(18)15-12(17)10-16(8-4-2)9-11-5-6-11/h3,11H,1,4-10H2,2H3,(H2,14,15,17,18). The summed E-state index contributed by atoms with van der Waals surface area (Å²) in [5.74, 6) is 0.504. The van der Waals surface area contributed by atoms with E-state index in [0.29, 0.717) is 13.1 Å². The summed E-state index contributed by atoms with van der Waals surface area (Å²) in [5, 5.41) is 4.83. The molecule has 0 aromatic heterocycles. The molecule has 1 fully saturated rings. The molecule has 5 nitrogen and oxygen atoms in total. The van der Waals surface area contributed by atoms with Crippen LogP contribution in [0, 0.1) is 5.92 Å². The van der Waals surface area contributed by atoms with Crippen molar-refractivity contribution < 1.29 is 9.59 Å². The molecule has 0 aromatic carbocycles.